The van der Waals surface area contributed by atoms with E-state index in [9.17, 15) is 9.90 Å². The monoisotopic (exact) mass is 272 g/mol. The zero-order valence-electron chi connectivity index (χ0n) is 10.3. The molecule has 0 saturated carbocycles. The van der Waals surface area contributed by atoms with Gasteiger partial charge in [0.2, 0.25) is 5.88 Å². The van der Waals surface area contributed by atoms with Crippen molar-refractivity contribution in [3.8, 4) is 5.88 Å². The van der Waals surface area contributed by atoms with Crippen molar-refractivity contribution in [3.05, 3.63) is 44.4 Å². The van der Waals surface area contributed by atoms with Crippen LogP contribution in [-0.4, -0.2) is 15.9 Å². The molecule has 0 aliphatic carbocycles. The Labute approximate surface area is 114 Å². The standard InChI is InChI=1S/C14H12N2O2S/c1-2-16-13(17)12(19-14(16)18)7-9-8-15-11-6-4-3-5-10(9)11/h3-8,17H,2H2,1H3/b9-7-. The first-order valence-electron chi connectivity index (χ1n) is 5.98. The maximum Gasteiger partial charge on any atom is 0.310 e. The van der Waals surface area contributed by atoms with Crippen LogP contribution < -0.4 is 4.87 Å². The Balaban J connectivity index is 2.10. The predicted molar refractivity (Wildman–Crippen MR) is 78.4 cm³/mol. The molecule has 0 fully saturated rings. The fourth-order valence-electron chi connectivity index (χ4n) is 2.08. The molecule has 1 aliphatic rings. The lowest BCUT2D eigenvalue weighted by atomic mass is 10.1. The summed E-state index contributed by atoms with van der Waals surface area (Å²) in [6.45, 7) is 2.30. The number of allylic oxidation sites excluding steroid dienone is 1. The largest absolute Gasteiger partial charge is 0.493 e. The molecule has 5 heteroatoms. The highest BCUT2D eigenvalue weighted by Crippen LogP contribution is 2.34. The molecule has 0 radical (unpaired) electrons. The molecule has 0 unspecified atom stereocenters. The van der Waals surface area contributed by atoms with Crippen LogP contribution in [0.15, 0.2) is 34.1 Å². The molecule has 0 saturated heterocycles. The molecule has 2 heterocycles. The van der Waals surface area contributed by atoms with Crippen molar-refractivity contribution in [1.29, 1.82) is 0 Å². The van der Waals surface area contributed by atoms with Gasteiger partial charge in [-0.1, -0.05) is 29.5 Å². The van der Waals surface area contributed by atoms with Gasteiger partial charge in [0.05, 0.1) is 10.6 Å². The van der Waals surface area contributed by atoms with Gasteiger partial charge in [0, 0.05) is 23.9 Å². The van der Waals surface area contributed by atoms with Crippen molar-refractivity contribution < 1.29 is 5.11 Å². The average Bonchev–Trinajstić information content (AvgIpc) is 2.93. The molecule has 0 amide bonds. The fraction of sp³-hybridized carbons (Fsp3) is 0.143. The maximum atomic E-state index is 11.7. The minimum absolute atomic E-state index is 0.0304. The van der Waals surface area contributed by atoms with Gasteiger partial charge >= 0.3 is 4.87 Å². The van der Waals surface area contributed by atoms with Crippen LogP contribution in [0.3, 0.4) is 0 Å². The first-order chi connectivity index (χ1) is 9.20. The number of thiazole rings is 1. The second kappa shape index (κ2) is 4.51. The molecule has 19 heavy (non-hydrogen) atoms. The van der Waals surface area contributed by atoms with Gasteiger partial charge in [0.1, 0.15) is 0 Å². The molecule has 1 aliphatic heterocycles. The second-order valence-electron chi connectivity index (χ2n) is 4.18. The van der Waals surface area contributed by atoms with E-state index in [1.807, 2.05) is 37.3 Å². The molecule has 3 rings (SSSR count). The number of aromatic nitrogens is 1. The molecule has 2 aromatic rings. The first-order valence-corrected chi connectivity index (χ1v) is 6.80. The van der Waals surface area contributed by atoms with Crippen LogP contribution in [0.1, 0.15) is 17.4 Å². The minimum atomic E-state index is -0.143. The van der Waals surface area contributed by atoms with E-state index >= 15 is 0 Å². The van der Waals surface area contributed by atoms with E-state index in [0.717, 1.165) is 28.2 Å². The third-order valence-electron chi connectivity index (χ3n) is 3.05. The van der Waals surface area contributed by atoms with Crippen molar-refractivity contribution in [2.24, 2.45) is 4.99 Å². The molecule has 1 aromatic heterocycles. The van der Waals surface area contributed by atoms with Gasteiger partial charge < -0.3 is 5.11 Å². The van der Waals surface area contributed by atoms with Gasteiger partial charge in [0.15, 0.2) is 0 Å². The summed E-state index contributed by atoms with van der Waals surface area (Å²) in [4.78, 5) is 16.4. The number of hydrogen-bond donors (Lipinski definition) is 1. The molecule has 1 N–H and O–H groups in total. The van der Waals surface area contributed by atoms with Crippen LogP contribution in [0.25, 0.3) is 11.6 Å². The van der Waals surface area contributed by atoms with Gasteiger partial charge in [-0.05, 0) is 19.1 Å². The van der Waals surface area contributed by atoms with E-state index in [1.54, 1.807) is 6.21 Å². The van der Waals surface area contributed by atoms with Crippen molar-refractivity contribution >= 4 is 34.9 Å². The highest BCUT2D eigenvalue weighted by atomic mass is 32.1. The average molecular weight is 272 g/mol. The summed E-state index contributed by atoms with van der Waals surface area (Å²) in [5.41, 5.74) is 2.84. The summed E-state index contributed by atoms with van der Waals surface area (Å²) in [7, 11) is 0. The van der Waals surface area contributed by atoms with Crippen LogP contribution in [0.2, 0.25) is 0 Å². The van der Waals surface area contributed by atoms with E-state index in [0.29, 0.717) is 11.4 Å². The van der Waals surface area contributed by atoms with Crippen molar-refractivity contribution in [1.82, 2.24) is 4.57 Å². The minimum Gasteiger partial charge on any atom is -0.493 e. The summed E-state index contributed by atoms with van der Waals surface area (Å²) in [6, 6.07) is 7.79. The fourth-order valence-corrected chi connectivity index (χ4v) is 2.98. The van der Waals surface area contributed by atoms with Gasteiger partial charge in [0.25, 0.3) is 0 Å². The Morgan fingerprint density at radius 2 is 2.21 bits per heavy atom. The molecule has 4 nitrogen and oxygen atoms in total. The normalized spacial score (nSPS) is 15.1. The van der Waals surface area contributed by atoms with E-state index in [4.69, 9.17) is 0 Å². The quantitative estimate of drug-likeness (QED) is 0.914. The third-order valence-corrected chi connectivity index (χ3v) is 3.97. The Kier molecular flexibility index (Phi) is 2.83. The third kappa shape index (κ3) is 1.92. The Morgan fingerprint density at radius 3 is 2.95 bits per heavy atom. The maximum absolute atomic E-state index is 11.7. The van der Waals surface area contributed by atoms with Gasteiger partial charge in [-0.2, -0.15) is 0 Å². The van der Waals surface area contributed by atoms with Crippen LogP contribution in [0, 0.1) is 0 Å². The van der Waals surface area contributed by atoms with Crippen molar-refractivity contribution in [2.45, 2.75) is 13.5 Å². The molecular formula is C14H12N2O2S. The molecule has 0 atom stereocenters. The summed E-state index contributed by atoms with van der Waals surface area (Å²) in [5.74, 6) is 0.0304. The first kappa shape index (κ1) is 11.9. The summed E-state index contributed by atoms with van der Waals surface area (Å²) < 4.78 is 1.36. The lowest BCUT2D eigenvalue weighted by molar-refractivity contribution is 0.417. The second-order valence-corrected chi connectivity index (χ2v) is 5.17. The molecule has 0 spiro atoms. The smallest absolute Gasteiger partial charge is 0.310 e. The molecule has 1 aromatic carbocycles. The number of para-hydroxylation sites is 1. The van der Waals surface area contributed by atoms with Crippen molar-refractivity contribution in [3.63, 3.8) is 0 Å². The van der Waals surface area contributed by atoms with E-state index < -0.39 is 0 Å². The highest BCUT2D eigenvalue weighted by molar-refractivity contribution is 7.10. The number of benzene rings is 1. The van der Waals surface area contributed by atoms with Gasteiger partial charge in [-0.15, -0.1) is 0 Å². The molecular weight excluding hydrogens is 260 g/mol. The van der Waals surface area contributed by atoms with E-state index in [-0.39, 0.29) is 10.8 Å². The Hall–Kier alpha value is -2.14. The summed E-state index contributed by atoms with van der Waals surface area (Å²) in [6.07, 6.45) is 3.56. The number of fused-ring (bicyclic) bond motifs is 1. The highest BCUT2D eigenvalue weighted by Gasteiger charge is 2.15. The zero-order valence-corrected chi connectivity index (χ0v) is 11.1. The topological polar surface area (TPSA) is 54.6 Å². The Morgan fingerprint density at radius 1 is 1.42 bits per heavy atom. The molecule has 96 valence electrons. The number of aliphatic imine (C=N–C) groups is 1. The van der Waals surface area contributed by atoms with Gasteiger partial charge in [-0.25, -0.2) is 0 Å². The lowest BCUT2D eigenvalue weighted by Crippen LogP contribution is -2.09. The predicted octanol–water partition coefficient (Wildman–Crippen LogP) is 2.89. The SMILES string of the molecule is CCn1c(O)c(/C=C2/C=Nc3ccccc32)sc1=O. The van der Waals surface area contributed by atoms with E-state index in [1.165, 1.54) is 4.57 Å². The van der Waals surface area contributed by atoms with E-state index in [2.05, 4.69) is 4.99 Å². The summed E-state index contributed by atoms with van der Waals surface area (Å²) in [5, 5.41) is 10.0. The number of rotatable bonds is 2. The van der Waals surface area contributed by atoms with Crippen molar-refractivity contribution in [2.75, 3.05) is 0 Å². The Bertz CT molecular complexity index is 753. The van der Waals surface area contributed by atoms with Crippen LogP contribution in [-0.2, 0) is 6.54 Å². The van der Waals surface area contributed by atoms with Crippen LogP contribution in [0.4, 0.5) is 5.69 Å². The van der Waals surface area contributed by atoms with Gasteiger partial charge in [-0.3, -0.25) is 14.4 Å². The zero-order chi connectivity index (χ0) is 13.4. The van der Waals surface area contributed by atoms with Crippen LogP contribution >= 0.6 is 11.3 Å². The number of aromatic hydroxyl groups is 1. The number of nitrogens with zero attached hydrogens (tertiary/aromatic N) is 2. The lowest BCUT2D eigenvalue weighted by Gasteiger charge is -1.99. The van der Waals surface area contributed by atoms with Crippen LogP contribution in [0.5, 0.6) is 5.88 Å². The number of hydrogen-bond acceptors (Lipinski definition) is 4. The molecule has 0 bridgehead atoms. The summed E-state index contributed by atoms with van der Waals surface area (Å²) >= 11 is 1.05.